The van der Waals surface area contributed by atoms with Crippen LogP contribution in [-0.2, 0) is 10.8 Å². The molecule has 0 aliphatic heterocycles. The molecule has 0 aliphatic carbocycles. The van der Waals surface area contributed by atoms with Crippen molar-refractivity contribution in [3.63, 3.8) is 0 Å². The van der Waals surface area contributed by atoms with Crippen LogP contribution in [0.1, 0.15) is 87.0 Å². The lowest BCUT2D eigenvalue weighted by Crippen LogP contribution is -2.13. The van der Waals surface area contributed by atoms with E-state index in [1.807, 2.05) is 102 Å². The van der Waals surface area contributed by atoms with Crippen molar-refractivity contribution in [2.45, 2.75) is 64.5 Å². The highest BCUT2D eigenvalue weighted by Gasteiger charge is 2.28. The molecule has 0 amide bonds. The van der Waals surface area contributed by atoms with E-state index >= 15 is 0 Å². The zero-order chi connectivity index (χ0) is 33.8. The maximum atomic E-state index is 11.8. The number of aromatic hydroxyl groups is 2. The van der Waals surface area contributed by atoms with E-state index in [1.165, 1.54) is 36.7 Å². The van der Waals surface area contributed by atoms with E-state index in [0.29, 0.717) is 11.1 Å². The molecule has 0 heterocycles. The van der Waals surface area contributed by atoms with E-state index in [2.05, 4.69) is 0 Å². The molecule has 4 rings (SSSR count). The molecule has 0 radical (unpaired) electrons. The van der Waals surface area contributed by atoms with Crippen molar-refractivity contribution in [2.75, 3.05) is 0 Å². The lowest BCUT2D eigenvalue weighted by atomic mass is 9.85. The van der Waals surface area contributed by atoms with Crippen LogP contribution in [0, 0.1) is 20.2 Å². The first kappa shape index (κ1) is 33.5. The second-order valence-electron chi connectivity index (χ2n) is 13.1. The molecule has 238 valence electrons. The average molecular weight is 623 g/mol. The van der Waals surface area contributed by atoms with E-state index in [9.17, 15) is 30.4 Å². The van der Waals surface area contributed by atoms with Gasteiger partial charge in [0.1, 0.15) is 23.6 Å². The molecule has 2 N–H and O–H groups in total. The summed E-state index contributed by atoms with van der Waals surface area (Å²) in [5.41, 5.74) is 1.21. The van der Waals surface area contributed by atoms with Crippen LogP contribution in [-0.4, -0.2) is 32.5 Å². The molecule has 0 saturated carbocycles. The van der Waals surface area contributed by atoms with Gasteiger partial charge >= 0.3 is 0 Å². The summed E-state index contributed by atoms with van der Waals surface area (Å²) < 4.78 is 0. The summed E-state index contributed by atoms with van der Waals surface area (Å²) in [5.74, 6) is -0.214. The predicted octanol–water partition coefficient (Wildman–Crippen LogP) is 8.53. The summed E-state index contributed by atoms with van der Waals surface area (Å²) in [6.45, 7) is 11.1. The van der Waals surface area contributed by atoms with E-state index in [1.54, 1.807) is 0 Å². The third kappa shape index (κ3) is 7.63. The van der Waals surface area contributed by atoms with Crippen molar-refractivity contribution in [1.29, 1.82) is 0 Å². The Labute approximate surface area is 268 Å². The van der Waals surface area contributed by atoms with E-state index in [-0.39, 0.29) is 34.0 Å². The third-order valence-corrected chi connectivity index (χ3v) is 7.62. The Morgan fingerprint density at radius 3 is 1.22 bits per heavy atom. The lowest BCUT2D eigenvalue weighted by Gasteiger charge is -2.23. The number of aliphatic imine (C=N–C) groups is 2. The zero-order valence-corrected chi connectivity index (χ0v) is 26.7. The Kier molecular flexibility index (Phi) is 9.70. The molecule has 0 saturated heterocycles. The van der Waals surface area contributed by atoms with Crippen molar-refractivity contribution in [3.8, 4) is 11.5 Å². The fourth-order valence-electron chi connectivity index (χ4n) is 5.15. The van der Waals surface area contributed by atoms with Crippen molar-refractivity contribution >= 4 is 23.8 Å². The van der Waals surface area contributed by atoms with Crippen LogP contribution in [0.3, 0.4) is 0 Å². The van der Waals surface area contributed by atoms with Gasteiger partial charge in [0.15, 0.2) is 0 Å². The molecule has 0 bridgehead atoms. The molecular weight excluding hydrogens is 584 g/mol. The lowest BCUT2D eigenvalue weighted by molar-refractivity contribution is -0.385. The molecule has 4 aromatic carbocycles. The second kappa shape index (κ2) is 13.3. The maximum Gasteiger partial charge on any atom is 0.270 e. The molecule has 0 aromatic heterocycles. The summed E-state index contributed by atoms with van der Waals surface area (Å²) in [5, 5.41) is 46.0. The number of hydrogen-bond acceptors (Lipinski definition) is 8. The SMILES string of the molecule is CC(C)(C)c1cc([N+](=O)[O-])cc(C=N[C@H](c2ccccc2)[C@@H](N=Cc2cc([N+](=O)[O-])cc(C(C)(C)C)c2O)c2ccccc2)c1O. The van der Waals surface area contributed by atoms with Gasteiger partial charge in [-0.1, -0.05) is 102 Å². The van der Waals surface area contributed by atoms with Crippen LogP contribution in [0.4, 0.5) is 11.4 Å². The number of rotatable bonds is 9. The summed E-state index contributed by atoms with van der Waals surface area (Å²) in [6, 6.07) is 22.6. The molecule has 0 unspecified atom stereocenters. The Bertz CT molecular complexity index is 1660. The average Bonchev–Trinajstić information content (AvgIpc) is 2.99. The molecular formula is C36H38N4O6. The number of benzene rings is 4. The van der Waals surface area contributed by atoms with Crippen LogP contribution in [0.25, 0.3) is 0 Å². The number of nitro benzene ring substituents is 2. The molecule has 46 heavy (non-hydrogen) atoms. The first-order valence-electron chi connectivity index (χ1n) is 14.8. The predicted molar refractivity (Wildman–Crippen MR) is 180 cm³/mol. The van der Waals surface area contributed by atoms with Gasteiger partial charge in [-0.3, -0.25) is 30.2 Å². The Morgan fingerprint density at radius 2 is 0.935 bits per heavy atom. The molecule has 10 heteroatoms. The van der Waals surface area contributed by atoms with Gasteiger partial charge in [-0.05, 0) is 22.0 Å². The van der Waals surface area contributed by atoms with Gasteiger partial charge in [0.2, 0.25) is 0 Å². The number of nitro groups is 2. The first-order chi connectivity index (χ1) is 21.6. The van der Waals surface area contributed by atoms with Crippen LogP contribution in [0.5, 0.6) is 11.5 Å². The molecule has 0 aliphatic rings. The minimum Gasteiger partial charge on any atom is -0.507 e. The maximum absolute atomic E-state index is 11.8. The third-order valence-electron chi connectivity index (χ3n) is 7.62. The minimum absolute atomic E-state index is 0.107. The van der Waals surface area contributed by atoms with Gasteiger partial charge < -0.3 is 10.2 Å². The Hall–Kier alpha value is -5.38. The quantitative estimate of drug-likeness (QED) is 0.108. The van der Waals surface area contributed by atoms with Gasteiger partial charge in [-0.2, -0.15) is 0 Å². The Morgan fingerprint density at radius 1 is 0.609 bits per heavy atom. The van der Waals surface area contributed by atoms with E-state index in [0.717, 1.165) is 11.1 Å². The zero-order valence-electron chi connectivity index (χ0n) is 26.7. The smallest absolute Gasteiger partial charge is 0.270 e. The normalized spacial score (nSPS) is 13.6. The van der Waals surface area contributed by atoms with Crippen molar-refractivity contribution < 1.29 is 20.1 Å². The summed E-state index contributed by atoms with van der Waals surface area (Å²) in [7, 11) is 0. The number of nitrogens with zero attached hydrogens (tertiary/aromatic N) is 4. The van der Waals surface area contributed by atoms with Gasteiger partial charge in [0, 0.05) is 58.9 Å². The number of hydrogen-bond donors (Lipinski definition) is 2. The number of phenols is 2. The number of phenolic OH excluding ortho intramolecular Hbond substituents is 2. The highest BCUT2D eigenvalue weighted by Crippen LogP contribution is 2.40. The second-order valence-corrected chi connectivity index (χ2v) is 13.1. The topological polar surface area (TPSA) is 151 Å². The first-order valence-corrected chi connectivity index (χ1v) is 14.8. The Balaban J connectivity index is 1.93. The highest BCUT2D eigenvalue weighted by molar-refractivity contribution is 5.87. The molecule has 2 atom stereocenters. The summed E-state index contributed by atoms with van der Waals surface area (Å²) in [6.07, 6.45) is 2.84. The summed E-state index contributed by atoms with van der Waals surface area (Å²) in [4.78, 5) is 32.3. The highest BCUT2D eigenvalue weighted by atomic mass is 16.6. The van der Waals surface area contributed by atoms with Crippen LogP contribution >= 0.6 is 0 Å². The minimum atomic E-state index is -0.695. The summed E-state index contributed by atoms with van der Waals surface area (Å²) >= 11 is 0. The number of non-ortho nitro benzene ring substituents is 2. The van der Waals surface area contributed by atoms with E-state index < -0.39 is 32.8 Å². The van der Waals surface area contributed by atoms with Crippen molar-refractivity contribution in [2.24, 2.45) is 9.98 Å². The van der Waals surface area contributed by atoms with Crippen molar-refractivity contribution in [1.82, 2.24) is 0 Å². The standard InChI is InChI=1S/C36H38N4O6/c1-35(2,3)29-19-27(39(43)44)17-25(33(29)41)21-37-31(23-13-9-7-10-14-23)32(24-15-11-8-12-16-24)38-22-26-18-28(40(45)46)20-30(34(26)42)36(4,5)6/h7-22,31-32,41-42H,1-6H3/t31-,32+. The van der Waals surface area contributed by atoms with Crippen LogP contribution in [0.2, 0.25) is 0 Å². The van der Waals surface area contributed by atoms with Crippen molar-refractivity contribution in [3.05, 3.63) is 139 Å². The van der Waals surface area contributed by atoms with Gasteiger partial charge in [0.25, 0.3) is 11.4 Å². The van der Waals surface area contributed by atoms with Crippen LogP contribution < -0.4 is 0 Å². The molecule has 0 fully saturated rings. The van der Waals surface area contributed by atoms with E-state index in [4.69, 9.17) is 9.98 Å². The monoisotopic (exact) mass is 622 g/mol. The van der Waals surface area contributed by atoms with Gasteiger partial charge in [0.05, 0.1) is 9.85 Å². The largest absolute Gasteiger partial charge is 0.507 e. The molecule has 4 aromatic rings. The van der Waals surface area contributed by atoms with Gasteiger partial charge in [-0.25, -0.2) is 0 Å². The fourth-order valence-corrected chi connectivity index (χ4v) is 5.15. The molecule has 10 nitrogen and oxygen atoms in total. The van der Waals surface area contributed by atoms with Crippen LogP contribution in [0.15, 0.2) is 94.9 Å². The van der Waals surface area contributed by atoms with Gasteiger partial charge in [-0.15, -0.1) is 0 Å². The fraction of sp³-hybridized carbons (Fsp3) is 0.278. The molecule has 0 spiro atoms.